The van der Waals surface area contributed by atoms with E-state index in [9.17, 15) is 13.2 Å². The molecule has 1 N–H and O–H groups in total. The van der Waals surface area contributed by atoms with Crippen molar-refractivity contribution in [3.63, 3.8) is 0 Å². The molecule has 1 aliphatic carbocycles. The zero-order valence-electron chi connectivity index (χ0n) is 11.3. The third kappa shape index (κ3) is 3.24. The molecule has 0 radical (unpaired) electrons. The third-order valence-electron chi connectivity index (χ3n) is 3.85. The van der Waals surface area contributed by atoms with Crippen molar-refractivity contribution in [3.8, 4) is 6.07 Å². The number of nitrogens with zero attached hydrogens (tertiary/aromatic N) is 1. The monoisotopic (exact) mass is 282 g/mol. The first-order valence-corrected chi connectivity index (χ1v) is 6.74. The van der Waals surface area contributed by atoms with Crippen molar-refractivity contribution in [2.45, 2.75) is 50.7 Å². The Morgan fingerprint density at radius 1 is 1.20 bits per heavy atom. The lowest BCUT2D eigenvalue weighted by Crippen LogP contribution is -2.36. The molecule has 2 nitrogen and oxygen atoms in total. The molecule has 0 amide bonds. The fraction of sp³-hybridized carbons (Fsp3) is 0.533. The molecule has 0 unspecified atom stereocenters. The van der Waals surface area contributed by atoms with Gasteiger partial charge >= 0.3 is 6.18 Å². The highest BCUT2D eigenvalue weighted by Gasteiger charge is 2.34. The Labute approximate surface area is 116 Å². The molecule has 0 spiro atoms. The molecule has 1 aromatic rings. The molecular weight excluding hydrogens is 265 g/mol. The van der Waals surface area contributed by atoms with Crippen molar-refractivity contribution in [2.24, 2.45) is 0 Å². The summed E-state index contributed by atoms with van der Waals surface area (Å²) in [7, 11) is 0. The van der Waals surface area contributed by atoms with Gasteiger partial charge in [0.1, 0.15) is 0 Å². The molecule has 1 aliphatic rings. The van der Waals surface area contributed by atoms with Gasteiger partial charge in [0.05, 0.1) is 17.2 Å². The van der Waals surface area contributed by atoms with Crippen molar-refractivity contribution in [1.29, 1.82) is 5.26 Å². The number of benzene rings is 1. The van der Waals surface area contributed by atoms with Crippen molar-refractivity contribution in [2.75, 3.05) is 5.32 Å². The number of anilines is 1. The van der Waals surface area contributed by atoms with Gasteiger partial charge < -0.3 is 5.32 Å². The van der Waals surface area contributed by atoms with Crippen LogP contribution >= 0.6 is 0 Å². The maximum Gasteiger partial charge on any atom is 0.417 e. The topological polar surface area (TPSA) is 35.8 Å². The molecule has 5 heteroatoms. The first kappa shape index (κ1) is 14.7. The molecule has 0 aliphatic heterocycles. The van der Waals surface area contributed by atoms with Crippen LogP contribution in [0.4, 0.5) is 18.9 Å². The van der Waals surface area contributed by atoms with E-state index in [4.69, 9.17) is 5.26 Å². The lowest BCUT2D eigenvalue weighted by atomic mass is 9.83. The van der Waals surface area contributed by atoms with Crippen molar-refractivity contribution >= 4 is 5.69 Å². The van der Waals surface area contributed by atoms with E-state index in [0.717, 1.165) is 31.7 Å². The van der Waals surface area contributed by atoms with E-state index in [1.807, 2.05) is 0 Å². The Balaban J connectivity index is 2.24. The van der Waals surface area contributed by atoms with Crippen LogP contribution in [0, 0.1) is 11.3 Å². The summed E-state index contributed by atoms with van der Waals surface area (Å²) >= 11 is 0. The van der Waals surface area contributed by atoms with Crippen LogP contribution in [-0.2, 0) is 6.18 Å². The predicted molar refractivity (Wildman–Crippen MR) is 71.3 cm³/mol. The maximum atomic E-state index is 12.7. The van der Waals surface area contributed by atoms with E-state index in [2.05, 4.69) is 12.2 Å². The molecule has 1 aromatic carbocycles. The molecule has 0 heterocycles. The van der Waals surface area contributed by atoms with Gasteiger partial charge in [0.15, 0.2) is 0 Å². The lowest BCUT2D eigenvalue weighted by molar-refractivity contribution is -0.137. The van der Waals surface area contributed by atoms with Gasteiger partial charge in [-0.05, 0) is 38.0 Å². The Hall–Kier alpha value is -1.70. The summed E-state index contributed by atoms with van der Waals surface area (Å²) < 4.78 is 38.2. The smallest absolute Gasteiger partial charge is 0.380 e. The Morgan fingerprint density at radius 2 is 1.85 bits per heavy atom. The SMILES string of the molecule is CC1(Nc2ccc(C(F)(F)F)c(C#N)c2)CCCCC1. The number of alkyl halides is 3. The van der Waals surface area contributed by atoms with Crippen LogP contribution < -0.4 is 5.32 Å². The van der Waals surface area contributed by atoms with Crippen LogP contribution in [0.5, 0.6) is 0 Å². The van der Waals surface area contributed by atoms with Crippen LogP contribution in [0.25, 0.3) is 0 Å². The second-order valence-electron chi connectivity index (χ2n) is 5.62. The molecule has 0 saturated heterocycles. The van der Waals surface area contributed by atoms with Gasteiger partial charge in [-0.3, -0.25) is 0 Å². The second-order valence-corrected chi connectivity index (χ2v) is 5.62. The minimum Gasteiger partial charge on any atom is -0.380 e. The summed E-state index contributed by atoms with van der Waals surface area (Å²) in [5, 5.41) is 12.2. The van der Waals surface area contributed by atoms with Crippen LogP contribution in [0.2, 0.25) is 0 Å². The van der Waals surface area contributed by atoms with Gasteiger partial charge in [-0.2, -0.15) is 18.4 Å². The number of nitrogens with one attached hydrogen (secondary N) is 1. The fourth-order valence-corrected chi connectivity index (χ4v) is 2.77. The highest BCUT2D eigenvalue weighted by atomic mass is 19.4. The molecule has 1 fully saturated rings. The van der Waals surface area contributed by atoms with Crippen LogP contribution in [0.15, 0.2) is 18.2 Å². The minimum absolute atomic E-state index is 0.0925. The van der Waals surface area contributed by atoms with Crippen LogP contribution in [0.3, 0.4) is 0 Å². The van der Waals surface area contributed by atoms with E-state index in [1.54, 1.807) is 6.07 Å². The largest absolute Gasteiger partial charge is 0.417 e. The van der Waals surface area contributed by atoms with E-state index in [-0.39, 0.29) is 11.1 Å². The van der Waals surface area contributed by atoms with Gasteiger partial charge in [0.2, 0.25) is 0 Å². The van der Waals surface area contributed by atoms with Crippen molar-refractivity contribution in [3.05, 3.63) is 29.3 Å². The van der Waals surface area contributed by atoms with Crippen LogP contribution in [-0.4, -0.2) is 5.54 Å². The zero-order valence-corrected chi connectivity index (χ0v) is 11.3. The average molecular weight is 282 g/mol. The number of hydrogen-bond donors (Lipinski definition) is 1. The number of halogens is 3. The number of rotatable bonds is 2. The predicted octanol–water partition coefficient (Wildman–Crippen LogP) is 4.71. The molecular formula is C15H17F3N2. The Morgan fingerprint density at radius 3 is 2.40 bits per heavy atom. The van der Waals surface area contributed by atoms with E-state index >= 15 is 0 Å². The molecule has 0 atom stereocenters. The summed E-state index contributed by atoms with van der Waals surface area (Å²) in [6.07, 6.45) is 0.947. The van der Waals surface area contributed by atoms with Gasteiger partial charge in [-0.15, -0.1) is 0 Å². The van der Waals surface area contributed by atoms with Gasteiger partial charge in [-0.25, -0.2) is 0 Å². The third-order valence-corrected chi connectivity index (χ3v) is 3.85. The summed E-state index contributed by atoms with van der Waals surface area (Å²) in [5.41, 5.74) is -0.717. The summed E-state index contributed by atoms with van der Waals surface area (Å²) in [6, 6.07) is 5.31. The number of hydrogen-bond acceptors (Lipinski definition) is 2. The first-order chi connectivity index (χ1) is 9.34. The zero-order chi connectivity index (χ0) is 14.8. The van der Waals surface area contributed by atoms with Gasteiger partial charge in [0.25, 0.3) is 0 Å². The van der Waals surface area contributed by atoms with Crippen molar-refractivity contribution < 1.29 is 13.2 Å². The Bertz CT molecular complexity index is 523. The molecule has 20 heavy (non-hydrogen) atoms. The lowest BCUT2D eigenvalue weighted by Gasteiger charge is -2.35. The standard InChI is InChI=1S/C15H17F3N2/c1-14(7-3-2-4-8-14)20-12-5-6-13(15(16,17)18)11(9-12)10-19/h5-6,9,20H,2-4,7-8H2,1H3. The van der Waals surface area contributed by atoms with E-state index in [1.165, 1.54) is 18.6 Å². The summed E-state index contributed by atoms with van der Waals surface area (Å²) in [6.45, 7) is 2.08. The normalized spacial score (nSPS) is 18.4. The van der Waals surface area contributed by atoms with Gasteiger partial charge in [-0.1, -0.05) is 19.3 Å². The maximum absolute atomic E-state index is 12.7. The Kier molecular flexibility index (Phi) is 3.94. The molecule has 108 valence electrons. The van der Waals surface area contributed by atoms with Crippen LogP contribution in [0.1, 0.15) is 50.2 Å². The quantitative estimate of drug-likeness (QED) is 0.852. The highest BCUT2D eigenvalue weighted by Crippen LogP contribution is 2.35. The molecule has 0 aromatic heterocycles. The number of nitriles is 1. The highest BCUT2D eigenvalue weighted by molar-refractivity contribution is 5.54. The molecule has 0 bridgehead atoms. The first-order valence-electron chi connectivity index (χ1n) is 6.74. The fourth-order valence-electron chi connectivity index (χ4n) is 2.77. The minimum atomic E-state index is -4.49. The summed E-state index contributed by atoms with van der Waals surface area (Å²) in [5.74, 6) is 0. The molecule has 2 rings (SSSR count). The molecule has 1 saturated carbocycles. The van der Waals surface area contributed by atoms with Crippen molar-refractivity contribution in [1.82, 2.24) is 0 Å². The second kappa shape index (κ2) is 5.35. The summed E-state index contributed by atoms with van der Waals surface area (Å²) in [4.78, 5) is 0. The average Bonchev–Trinajstić information content (AvgIpc) is 2.37. The van der Waals surface area contributed by atoms with E-state index in [0.29, 0.717) is 5.69 Å². The van der Waals surface area contributed by atoms with E-state index < -0.39 is 11.7 Å². The van der Waals surface area contributed by atoms with Gasteiger partial charge in [0, 0.05) is 11.2 Å².